The number of ether oxygens (including phenoxy) is 1. The molecule has 1 aliphatic heterocycles. The van der Waals surface area contributed by atoms with Gasteiger partial charge in [0, 0.05) is 32.1 Å². The number of benzene rings is 1. The average molecular weight is 398 g/mol. The summed E-state index contributed by atoms with van der Waals surface area (Å²) in [6.07, 6.45) is 2.28. The summed E-state index contributed by atoms with van der Waals surface area (Å²) in [5.41, 5.74) is 1.13. The third kappa shape index (κ3) is 4.00. The zero-order valence-electron chi connectivity index (χ0n) is 15.7. The molecule has 3 aromatic rings. The summed E-state index contributed by atoms with van der Waals surface area (Å²) in [6.45, 7) is 3.53. The van der Waals surface area contributed by atoms with E-state index in [0.717, 1.165) is 28.1 Å². The number of hydrogen-bond donors (Lipinski definition) is 1. The van der Waals surface area contributed by atoms with Gasteiger partial charge in [-0.15, -0.1) is 11.3 Å². The highest BCUT2D eigenvalue weighted by atomic mass is 32.1. The number of carbonyl (C=O) groups excluding carboxylic acids is 1. The van der Waals surface area contributed by atoms with Crippen LogP contribution in [-0.2, 0) is 11.2 Å². The van der Waals surface area contributed by atoms with Crippen LogP contribution in [0.2, 0.25) is 0 Å². The Morgan fingerprint density at radius 3 is 2.82 bits per heavy atom. The number of rotatable bonds is 5. The van der Waals surface area contributed by atoms with Gasteiger partial charge in [-0.3, -0.25) is 4.79 Å². The number of aryl methyl sites for hydroxylation is 1. The second kappa shape index (κ2) is 8.24. The lowest BCUT2D eigenvalue weighted by atomic mass is 9.95. The van der Waals surface area contributed by atoms with E-state index in [1.807, 2.05) is 30.3 Å². The van der Waals surface area contributed by atoms with E-state index in [-0.39, 0.29) is 11.5 Å². The normalized spacial score (nSPS) is 15.0. The molecule has 1 saturated heterocycles. The molecule has 0 spiro atoms. The molecular weight excluding hydrogens is 376 g/mol. The molecule has 0 unspecified atom stereocenters. The summed E-state index contributed by atoms with van der Waals surface area (Å²) in [7, 11) is 0. The van der Waals surface area contributed by atoms with Gasteiger partial charge < -0.3 is 14.5 Å². The molecule has 28 heavy (non-hydrogen) atoms. The Morgan fingerprint density at radius 1 is 1.29 bits per heavy atom. The van der Waals surface area contributed by atoms with Gasteiger partial charge in [-0.05, 0) is 43.5 Å². The first-order chi connectivity index (χ1) is 13.6. The zero-order valence-corrected chi connectivity index (χ0v) is 16.5. The van der Waals surface area contributed by atoms with Crippen molar-refractivity contribution in [2.45, 2.75) is 32.1 Å². The molecule has 6 nitrogen and oxygen atoms in total. The molecule has 0 aliphatic carbocycles. The maximum absolute atomic E-state index is 12.5. The molecule has 0 saturated carbocycles. The van der Waals surface area contributed by atoms with Crippen LogP contribution in [0.15, 0.2) is 39.5 Å². The zero-order chi connectivity index (χ0) is 19.5. The van der Waals surface area contributed by atoms with Crippen LogP contribution in [0, 0.1) is 6.92 Å². The Hall–Kier alpha value is -2.51. The van der Waals surface area contributed by atoms with E-state index in [9.17, 15) is 9.59 Å². The average Bonchev–Trinajstić information content (AvgIpc) is 3.11. The lowest BCUT2D eigenvalue weighted by molar-refractivity contribution is 0.0795. The maximum Gasteiger partial charge on any atom is 0.349 e. The number of nitrogens with zero attached hydrogens (tertiary/aromatic N) is 1. The number of aromatic nitrogens is 1. The molecule has 1 amide bonds. The standard InChI is InChI=1S/C21H22N2O4S/c1-13-12-16(14-7-10-26-11-8-14)27-21(25)19(13)20(24)22-9-6-18-23-15-4-2-3-5-17(15)28-18/h2-5,12,14H,6-11H2,1H3,(H,22,24). The second-order valence-electron chi connectivity index (χ2n) is 6.96. The number of nitrogens with one attached hydrogen (secondary N) is 1. The van der Waals surface area contributed by atoms with Crippen molar-refractivity contribution in [1.29, 1.82) is 0 Å². The molecular formula is C21H22N2O4S. The molecule has 146 valence electrons. The van der Waals surface area contributed by atoms with Crippen molar-refractivity contribution in [2.24, 2.45) is 0 Å². The van der Waals surface area contributed by atoms with E-state index in [1.54, 1.807) is 18.3 Å². The SMILES string of the molecule is Cc1cc(C2CCOCC2)oc(=O)c1C(=O)NCCc1nc2ccccc2s1. The fourth-order valence-corrected chi connectivity index (χ4v) is 4.45. The molecule has 1 N–H and O–H groups in total. The first kappa shape index (κ1) is 18.8. The van der Waals surface area contributed by atoms with Gasteiger partial charge in [0.2, 0.25) is 0 Å². The van der Waals surface area contributed by atoms with Crippen LogP contribution in [-0.4, -0.2) is 30.6 Å². The van der Waals surface area contributed by atoms with E-state index < -0.39 is 11.5 Å². The minimum atomic E-state index is -0.570. The Balaban J connectivity index is 1.41. The third-order valence-corrected chi connectivity index (χ3v) is 6.08. The Bertz CT molecular complexity index is 1020. The number of amides is 1. The van der Waals surface area contributed by atoms with Crippen molar-refractivity contribution < 1.29 is 13.9 Å². The molecule has 1 aliphatic rings. The molecule has 2 aromatic heterocycles. The van der Waals surface area contributed by atoms with Gasteiger partial charge in [-0.25, -0.2) is 9.78 Å². The quantitative estimate of drug-likeness (QED) is 0.712. The predicted molar refractivity (Wildman–Crippen MR) is 108 cm³/mol. The van der Waals surface area contributed by atoms with Crippen molar-refractivity contribution in [1.82, 2.24) is 10.3 Å². The minimum Gasteiger partial charge on any atom is -0.427 e. The molecule has 0 bridgehead atoms. The Labute approximate surface area is 166 Å². The molecule has 4 rings (SSSR count). The van der Waals surface area contributed by atoms with E-state index >= 15 is 0 Å². The van der Waals surface area contributed by atoms with Crippen LogP contribution in [0.5, 0.6) is 0 Å². The fraction of sp³-hybridized carbons (Fsp3) is 0.381. The van der Waals surface area contributed by atoms with Crippen LogP contribution >= 0.6 is 11.3 Å². The maximum atomic E-state index is 12.5. The minimum absolute atomic E-state index is 0.0834. The lowest BCUT2D eigenvalue weighted by Gasteiger charge is -2.21. The predicted octanol–water partition coefficient (Wildman–Crippen LogP) is 3.42. The van der Waals surface area contributed by atoms with Gasteiger partial charge in [0.15, 0.2) is 0 Å². The van der Waals surface area contributed by atoms with E-state index in [2.05, 4.69) is 10.3 Å². The topological polar surface area (TPSA) is 81.4 Å². The lowest BCUT2D eigenvalue weighted by Crippen LogP contribution is -2.31. The summed E-state index contributed by atoms with van der Waals surface area (Å²) >= 11 is 1.62. The summed E-state index contributed by atoms with van der Waals surface area (Å²) in [6, 6.07) is 9.77. The second-order valence-corrected chi connectivity index (χ2v) is 8.08. The highest BCUT2D eigenvalue weighted by Gasteiger charge is 2.22. The number of thiazole rings is 1. The Kier molecular flexibility index (Phi) is 5.54. The van der Waals surface area contributed by atoms with Gasteiger partial charge in [0.05, 0.1) is 15.2 Å². The van der Waals surface area contributed by atoms with E-state index in [1.165, 1.54) is 0 Å². The smallest absolute Gasteiger partial charge is 0.349 e. The van der Waals surface area contributed by atoms with Crippen molar-refractivity contribution in [2.75, 3.05) is 19.8 Å². The van der Waals surface area contributed by atoms with Crippen LogP contribution < -0.4 is 10.9 Å². The summed E-state index contributed by atoms with van der Waals surface area (Å²) < 4.78 is 12.0. The number of carbonyl (C=O) groups is 1. The third-order valence-electron chi connectivity index (χ3n) is 4.98. The Morgan fingerprint density at radius 2 is 2.07 bits per heavy atom. The largest absolute Gasteiger partial charge is 0.427 e. The molecule has 7 heteroatoms. The van der Waals surface area contributed by atoms with Crippen LogP contribution in [0.1, 0.15) is 45.4 Å². The van der Waals surface area contributed by atoms with Crippen LogP contribution in [0.3, 0.4) is 0 Å². The van der Waals surface area contributed by atoms with Gasteiger partial charge in [-0.2, -0.15) is 0 Å². The van der Waals surface area contributed by atoms with Crippen molar-refractivity contribution in [3.8, 4) is 0 Å². The molecule has 1 fully saturated rings. The summed E-state index contributed by atoms with van der Waals surface area (Å²) in [5.74, 6) is 0.430. The van der Waals surface area contributed by atoms with Crippen molar-refractivity contribution in [3.05, 3.63) is 62.6 Å². The van der Waals surface area contributed by atoms with Crippen molar-refractivity contribution in [3.63, 3.8) is 0 Å². The first-order valence-electron chi connectivity index (χ1n) is 9.47. The van der Waals surface area contributed by atoms with Crippen LogP contribution in [0.4, 0.5) is 0 Å². The molecule has 0 atom stereocenters. The van der Waals surface area contributed by atoms with Gasteiger partial charge in [0.25, 0.3) is 5.91 Å². The van der Waals surface area contributed by atoms with E-state index in [4.69, 9.17) is 9.15 Å². The number of hydrogen-bond acceptors (Lipinski definition) is 6. The van der Waals surface area contributed by atoms with Gasteiger partial charge in [-0.1, -0.05) is 12.1 Å². The van der Waals surface area contributed by atoms with Gasteiger partial charge in [0.1, 0.15) is 11.3 Å². The number of fused-ring (bicyclic) bond motifs is 1. The van der Waals surface area contributed by atoms with E-state index in [0.29, 0.717) is 37.5 Å². The highest BCUT2D eigenvalue weighted by Crippen LogP contribution is 2.27. The molecule has 1 aromatic carbocycles. The fourth-order valence-electron chi connectivity index (χ4n) is 3.49. The summed E-state index contributed by atoms with van der Waals surface area (Å²) in [5, 5.41) is 3.78. The van der Waals surface area contributed by atoms with Crippen LogP contribution in [0.25, 0.3) is 10.2 Å². The van der Waals surface area contributed by atoms with Gasteiger partial charge >= 0.3 is 5.63 Å². The summed E-state index contributed by atoms with van der Waals surface area (Å²) in [4.78, 5) is 29.5. The van der Waals surface area contributed by atoms with Crippen molar-refractivity contribution >= 4 is 27.5 Å². The highest BCUT2D eigenvalue weighted by molar-refractivity contribution is 7.18. The molecule has 0 radical (unpaired) electrons. The monoisotopic (exact) mass is 398 g/mol. The molecule has 3 heterocycles. The first-order valence-corrected chi connectivity index (χ1v) is 10.3. The number of para-hydroxylation sites is 1.